The normalized spacial score (nSPS) is 11.5. The first-order valence-electron chi connectivity index (χ1n) is 12.1. The predicted molar refractivity (Wildman–Crippen MR) is 132 cm³/mol. The zero-order valence-corrected chi connectivity index (χ0v) is 20.8. The third kappa shape index (κ3) is 7.87. The van der Waals surface area contributed by atoms with Crippen molar-refractivity contribution in [3.8, 4) is 17.1 Å². The van der Waals surface area contributed by atoms with Crippen LogP contribution in [-0.2, 0) is 17.5 Å². The maximum Gasteiger partial charge on any atom is 0.416 e. The summed E-state index contributed by atoms with van der Waals surface area (Å²) >= 11 is 0. The van der Waals surface area contributed by atoms with Crippen LogP contribution >= 0.6 is 0 Å². The number of alkyl halides is 3. The second kappa shape index (κ2) is 12.5. The lowest BCUT2D eigenvalue weighted by Crippen LogP contribution is -2.36. The quantitative estimate of drug-likeness (QED) is 0.261. The highest BCUT2D eigenvalue weighted by Crippen LogP contribution is 2.34. The summed E-state index contributed by atoms with van der Waals surface area (Å²) in [6.45, 7) is 3.74. The number of benzene rings is 2. The Morgan fingerprint density at radius 3 is 2.35 bits per heavy atom. The van der Waals surface area contributed by atoms with E-state index in [4.69, 9.17) is 14.3 Å². The Labute approximate surface area is 213 Å². The fourth-order valence-corrected chi connectivity index (χ4v) is 3.82. The third-order valence-electron chi connectivity index (χ3n) is 5.84. The first-order chi connectivity index (χ1) is 17.6. The van der Waals surface area contributed by atoms with Crippen LogP contribution in [0.15, 0.2) is 65.3 Å². The molecule has 37 heavy (non-hydrogen) atoms. The molecule has 9 heteroatoms. The monoisotopic (exact) mass is 517 g/mol. The van der Waals surface area contributed by atoms with Gasteiger partial charge in [0.25, 0.3) is 5.91 Å². The standard InChI is InChI=1S/C28H30F3NO5/c1-19(2)32(27(35)21-11-9-20(10-12-21)24-7-6-16-37-24)18-22-17-23(28(29,30)31)13-14-25(22)36-15-5-3-4-8-26(33)34/h6-7,9-14,16-17,19H,3-5,8,15,18H2,1-2H3,(H,33,34). The molecule has 0 bridgehead atoms. The predicted octanol–water partition coefficient (Wildman–Crippen LogP) is 7.04. The summed E-state index contributed by atoms with van der Waals surface area (Å²) in [6.07, 6.45) is -1.26. The largest absolute Gasteiger partial charge is 0.493 e. The number of rotatable bonds is 12. The van der Waals surface area contributed by atoms with Gasteiger partial charge in [-0.25, -0.2) is 0 Å². The third-order valence-corrected chi connectivity index (χ3v) is 5.84. The van der Waals surface area contributed by atoms with Gasteiger partial charge in [-0.05, 0) is 75.6 Å². The lowest BCUT2D eigenvalue weighted by Gasteiger charge is -2.28. The van der Waals surface area contributed by atoms with E-state index < -0.39 is 17.7 Å². The molecule has 0 aliphatic carbocycles. The minimum absolute atomic E-state index is 0.0550. The van der Waals surface area contributed by atoms with Crippen LogP contribution in [0.5, 0.6) is 5.75 Å². The number of furan rings is 1. The molecule has 0 atom stereocenters. The average molecular weight is 518 g/mol. The summed E-state index contributed by atoms with van der Waals surface area (Å²) in [5.41, 5.74) is 0.622. The molecule has 0 radical (unpaired) electrons. The van der Waals surface area contributed by atoms with Crippen LogP contribution in [0.2, 0.25) is 0 Å². The number of carbonyl (C=O) groups is 2. The fourth-order valence-electron chi connectivity index (χ4n) is 3.82. The Morgan fingerprint density at radius 1 is 1.03 bits per heavy atom. The maximum absolute atomic E-state index is 13.5. The van der Waals surface area contributed by atoms with E-state index in [2.05, 4.69) is 0 Å². The summed E-state index contributed by atoms with van der Waals surface area (Å²) in [5, 5.41) is 8.73. The van der Waals surface area contributed by atoms with Crippen molar-refractivity contribution in [2.75, 3.05) is 6.61 Å². The molecule has 0 unspecified atom stereocenters. The van der Waals surface area contributed by atoms with Crippen molar-refractivity contribution in [1.29, 1.82) is 0 Å². The molecule has 2 aromatic carbocycles. The molecule has 198 valence electrons. The number of nitrogens with zero attached hydrogens (tertiary/aromatic N) is 1. The molecule has 0 aliphatic rings. The molecule has 3 aromatic rings. The van der Waals surface area contributed by atoms with Crippen molar-refractivity contribution in [3.05, 3.63) is 77.6 Å². The second-order valence-electron chi connectivity index (χ2n) is 8.95. The average Bonchev–Trinajstić information content (AvgIpc) is 3.39. The van der Waals surface area contributed by atoms with Gasteiger partial charge in [-0.2, -0.15) is 13.2 Å². The van der Waals surface area contributed by atoms with Gasteiger partial charge >= 0.3 is 12.1 Å². The highest BCUT2D eigenvalue weighted by atomic mass is 19.4. The molecular weight excluding hydrogens is 487 g/mol. The SMILES string of the molecule is CC(C)N(Cc1cc(C(F)(F)F)ccc1OCCCCCC(=O)O)C(=O)c1ccc(-c2ccco2)cc1. The van der Waals surface area contributed by atoms with Gasteiger partial charge < -0.3 is 19.2 Å². The van der Waals surface area contributed by atoms with Crippen molar-refractivity contribution in [2.45, 2.75) is 58.3 Å². The summed E-state index contributed by atoms with van der Waals surface area (Å²) in [6, 6.07) is 13.4. The van der Waals surface area contributed by atoms with Crippen LogP contribution in [0.4, 0.5) is 13.2 Å². The number of carbonyl (C=O) groups excluding carboxylic acids is 1. The molecule has 0 spiro atoms. The molecule has 3 rings (SSSR count). The Morgan fingerprint density at radius 2 is 1.76 bits per heavy atom. The molecule has 0 saturated heterocycles. The van der Waals surface area contributed by atoms with Gasteiger partial charge in [-0.1, -0.05) is 12.1 Å². The Kier molecular flexibility index (Phi) is 9.38. The molecule has 1 heterocycles. The first kappa shape index (κ1) is 27.8. The molecule has 0 saturated carbocycles. The smallest absolute Gasteiger partial charge is 0.416 e. The number of hydrogen-bond acceptors (Lipinski definition) is 4. The fraction of sp³-hybridized carbons (Fsp3) is 0.357. The number of carboxylic acids is 1. The lowest BCUT2D eigenvalue weighted by molar-refractivity contribution is -0.138. The van der Waals surface area contributed by atoms with Crippen LogP contribution in [0, 0.1) is 0 Å². The molecule has 0 fully saturated rings. The van der Waals surface area contributed by atoms with E-state index in [9.17, 15) is 22.8 Å². The summed E-state index contributed by atoms with van der Waals surface area (Å²) in [7, 11) is 0. The number of amides is 1. The number of hydrogen-bond donors (Lipinski definition) is 1. The van der Waals surface area contributed by atoms with Gasteiger partial charge in [-0.3, -0.25) is 9.59 Å². The van der Waals surface area contributed by atoms with Crippen molar-refractivity contribution < 1.29 is 37.0 Å². The van der Waals surface area contributed by atoms with E-state index in [1.54, 1.807) is 56.5 Å². The van der Waals surface area contributed by atoms with Gasteiger partial charge in [0, 0.05) is 35.7 Å². The van der Waals surface area contributed by atoms with Crippen molar-refractivity contribution in [2.24, 2.45) is 0 Å². The van der Waals surface area contributed by atoms with E-state index in [0.717, 1.165) is 17.7 Å². The van der Waals surface area contributed by atoms with E-state index in [-0.39, 0.29) is 42.8 Å². The van der Waals surface area contributed by atoms with Crippen LogP contribution in [0.25, 0.3) is 11.3 Å². The lowest BCUT2D eigenvalue weighted by atomic mass is 10.1. The van der Waals surface area contributed by atoms with Crippen LogP contribution < -0.4 is 4.74 Å². The van der Waals surface area contributed by atoms with Gasteiger partial charge in [0.1, 0.15) is 11.5 Å². The Hall–Kier alpha value is -3.75. The van der Waals surface area contributed by atoms with Crippen LogP contribution in [0.1, 0.15) is 61.0 Å². The number of aliphatic carboxylic acids is 1. The van der Waals surface area contributed by atoms with Gasteiger partial charge in [-0.15, -0.1) is 0 Å². The van der Waals surface area contributed by atoms with E-state index in [1.807, 2.05) is 0 Å². The van der Waals surface area contributed by atoms with E-state index in [1.165, 1.54) is 11.0 Å². The number of ether oxygens (including phenoxy) is 1. The van der Waals surface area contributed by atoms with Crippen molar-refractivity contribution >= 4 is 11.9 Å². The highest BCUT2D eigenvalue weighted by molar-refractivity contribution is 5.94. The number of carboxylic acid groups (broad SMARTS) is 1. The highest BCUT2D eigenvalue weighted by Gasteiger charge is 2.32. The van der Waals surface area contributed by atoms with Gasteiger partial charge in [0.15, 0.2) is 0 Å². The van der Waals surface area contributed by atoms with Crippen molar-refractivity contribution in [3.63, 3.8) is 0 Å². The summed E-state index contributed by atoms with van der Waals surface area (Å²) in [5.74, 6) is -0.274. The van der Waals surface area contributed by atoms with Crippen molar-refractivity contribution in [1.82, 2.24) is 4.90 Å². The minimum atomic E-state index is -4.54. The van der Waals surface area contributed by atoms with Gasteiger partial charge in [0.05, 0.1) is 18.4 Å². The second-order valence-corrected chi connectivity index (χ2v) is 8.95. The summed E-state index contributed by atoms with van der Waals surface area (Å²) < 4.78 is 51.5. The molecule has 1 amide bonds. The Balaban J connectivity index is 1.78. The molecular formula is C28H30F3NO5. The zero-order chi connectivity index (χ0) is 27.0. The van der Waals surface area contributed by atoms with Gasteiger partial charge in [0.2, 0.25) is 0 Å². The summed E-state index contributed by atoms with van der Waals surface area (Å²) in [4.78, 5) is 25.5. The van der Waals surface area contributed by atoms with E-state index in [0.29, 0.717) is 30.6 Å². The van der Waals surface area contributed by atoms with Crippen LogP contribution in [-0.4, -0.2) is 34.5 Å². The Bertz CT molecular complexity index is 1170. The molecule has 1 aromatic heterocycles. The first-order valence-corrected chi connectivity index (χ1v) is 12.1. The number of unbranched alkanes of at least 4 members (excludes halogenated alkanes) is 2. The van der Waals surface area contributed by atoms with Crippen LogP contribution in [0.3, 0.4) is 0 Å². The zero-order valence-electron chi connectivity index (χ0n) is 20.8. The minimum Gasteiger partial charge on any atom is -0.493 e. The number of halogens is 3. The molecule has 1 N–H and O–H groups in total. The topological polar surface area (TPSA) is 80.0 Å². The maximum atomic E-state index is 13.5. The van der Waals surface area contributed by atoms with E-state index >= 15 is 0 Å². The molecule has 6 nitrogen and oxygen atoms in total. The molecule has 0 aliphatic heterocycles.